The fourth-order valence-electron chi connectivity index (χ4n) is 4.23. The Kier molecular flexibility index (Phi) is 6.64. The maximum absolute atomic E-state index is 13.1. The number of aryl methyl sites for hydroxylation is 1. The molecule has 1 atom stereocenters. The van der Waals surface area contributed by atoms with Crippen LogP contribution < -0.4 is 0 Å². The van der Waals surface area contributed by atoms with E-state index in [1.165, 1.54) is 10.5 Å². The summed E-state index contributed by atoms with van der Waals surface area (Å²) in [5, 5.41) is 0. The molecule has 1 fully saturated rings. The molecule has 25 heavy (non-hydrogen) atoms. The number of fused-ring (bicyclic) bond motifs is 2. The lowest BCUT2D eigenvalue weighted by Gasteiger charge is -2.33. The first kappa shape index (κ1) is 19.9. The van der Waals surface area contributed by atoms with Gasteiger partial charge in [0.15, 0.2) is 0 Å². The van der Waals surface area contributed by atoms with E-state index in [1.807, 2.05) is 12.1 Å². The number of amides is 2. The van der Waals surface area contributed by atoms with Crippen molar-refractivity contribution >= 4 is 24.2 Å². The van der Waals surface area contributed by atoms with Gasteiger partial charge in [0.25, 0.3) is 0 Å². The highest BCUT2D eigenvalue weighted by molar-refractivity contribution is 6.09. The molecule has 1 aliphatic heterocycles. The minimum absolute atomic E-state index is 0. The van der Waals surface area contributed by atoms with E-state index in [0.717, 1.165) is 50.6 Å². The molecule has 1 heterocycles. The highest BCUT2D eigenvalue weighted by atomic mass is 35.5. The SMILES string of the molecule is CN(C)CCCCCN1C(=O)CC2(CCCc3ccccc32)C1=O.Cl. The van der Waals surface area contributed by atoms with Crippen LogP contribution in [0.4, 0.5) is 0 Å². The van der Waals surface area contributed by atoms with Gasteiger partial charge in [-0.05, 0) is 63.9 Å². The molecule has 3 rings (SSSR count). The molecule has 1 aliphatic carbocycles. The fourth-order valence-corrected chi connectivity index (χ4v) is 4.23. The number of imide groups is 1. The zero-order chi connectivity index (χ0) is 17.2. The average molecular weight is 365 g/mol. The molecule has 1 spiro atoms. The van der Waals surface area contributed by atoms with Gasteiger partial charge in [-0.2, -0.15) is 0 Å². The Labute approximate surface area is 157 Å². The van der Waals surface area contributed by atoms with Crippen LogP contribution in [0.25, 0.3) is 0 Å². The van der Waals surface area contributed by atoms with Crippen LogP contribution in [0, 0.1) is 0 Å². The molecule has 5 heteroatoms. The minimum Gasteiger partial charge on any atom is -0.309 e. The zero-order valence-corrected chi connectivity index (χ0v) is 16.1. The first-order chi connectivity index (χ1) is 11.5. The van der Waals surface area contributed by atoms with Crippen molar-refractivity contribution in [1.29, 1.82) is 0 Å². The van der Waals surface area contributed by atoms with Gasteiger partial charge in [0.05, 0.1) is 5.41 Å². The molecule has 2 aliphatic rings. The van der Waals surface area contributed by atoms with Crippen molar-refractivity contribution in [3.05, 3.63) is 35.4 Å². The fraction of sp³-hybridized carbons (Fsp3) is 0.600. The third kappa shape index (κ3) is 3.90. The van der Waals surface area contributed by atoms with Gasteiger partial charge in [0.2, 0.25) is 11.8 Å². The molecule has 2 amide bonds. The molecular weight excluding hydrogens is 336 g/mol. The number of hydrogen-bond donors (Lipinski definition) is 0. The second kappa shape index (κ2) is 8.33. The molecular formula is C20H29ClN2O2. The molecule has 0 aromatic heterocycles. The Bertz CT molecular complexity index is 632. The number of carbonyl (C=O) groups is 2. The zero-order valence-electron chi connectivity index (χ0n) is 15.3. The summed E-state index contributed by atoms with van der Waals surface area (Å²) in [6.45, 7) is 1.63. The van der Waals surface area contributed by atoms with E-state index >= 15 is 0 Å². The summed E-state index contributed by atoms with van der Waals surface area (Å²) in [5.74, 6) is 0.0663. The maximum atomic E-state index is 13.1. The molecule has 1 unspecified atom stereocenters. The lowest BCUT2D eigenvalue weighted by molar-refractivity contribution is -0.140. The summed E-state index contributed by atoms with van der Waals surface area (Å²) < 4.78 is 0. The summed E-state index contributed by atoms with van der Waals surface area (Å²) in [5.41, 5.74) is 1.78. The highest BCUT2D eigenvalue weighted by Crippen LogP contribution is 2.45. The Hall–Kier alpha value is -1.39. The van der Waals surface area contributed by atoms with E-state index in [2.05, 4.69) is 31.1 Å². The first-order valence-corrected chi connectivity index (χ1v) is 9.12. The van der Waals surface area contributed by atoms with Crippen LogP contribution >= 0.6 is 12.4 Å². The Morgan fingerprint density at radius 2 is 1.88 bits per heavy atom. The second-order valence-corrected chi connectivity index (χ2v) is 7.48. The summed E-state index contributed by atoms with van der Waals surface area (Å²) in [4.78, 5) is 29.4. The third-order valence-electron chi connectivity index (χ3n) is 5.48. The lowest BCUT2D eigenvalue weighted by Crippen LogP contribution is -2.41. The van der Waals surface area contributed by atoms with Crippen LogP contribution in [0.3, 0.4) is 0 Å². The molecule has 0 N–H and O–H groups in total. The minimum atomic E-state index is -0.574. The smallest absolute Gasteiger partial charge is 0.240 e. The van der Waals surface area contributed by atoms with Crippen LogP contribution in [0.2, 0.25) is 0 Å². The number of hydrogen-bond acceptors (Lipinski definition) is 3. The number of unbranched alkanes of at least 4 members (excludes halogenated alkanes) is 2. The molecule has 0 radical (unpaired) electrons. The van der Waals surface area contributed by atoms with Crippen molar-refractivity contribution in [2.75, 3.05) is 27.2 Å². The standard InChI is InChI=1S/C20H28N2O2.ClH/c1-21(2)13-6-3-7-14-22-18(23)15-20(19(22)24)12-8-10-16-9-4-5-11-17(16)20;/h4-5,9,11H,3,6-8,10,12-15H2,1-2H3;1H. The number of halogens is 1. The van der Waals surface area contributed by atoms with E-state index in [4.69, 9.17) is 0 Å². The van der Waals surface area contributed by atoms with Crippen molar-refractivity contribution in [3.63, 3.8) is 0 Å². The quantitative estimate of drug-likeness (QED) is 0.575. The Morgan fingerprint density at radius 1 is 1.12 bits per heavy atom. The van der Waals surface area contributed by atoms with Crippen molar-refractivity contribution < 1.29 is 9.59 Å². The highest BCUT2D eigenvalue weighted by Gasteiger charge is 2.53. The van der Waals surface area contributed by atoms with Crippen molar-refractivity contribution in [2.45, 2.75) is 50.4 Å². The van der Waals surface area contributed by atoms with E-state index in [-0.39, 0.29) is 24.2 Å². The summed E-state index contributed by atoms with van der Waals surface area (Å²) >= 11 is 0. The predicted molar refractivity (Wildman–Crippen MR) is 102 cm³/mol. The Morgan fingerprint density at radius 3 is 2.64 bits per heavy atom. The van der Waals surface area contributed by atoms with Crippen LogP contribution in [0.5, 0.6) is 0 Å². The monoisotopic (exact) mass is 364 g/mol. The topological polar surface area (TPSA) is 40.6 Å². The van der Waals surface area contributed by atoms with E-state index in [1.54, 1.807) is 0 Å². The summed E-state index contributed by atoms with van der Waals surface area (Å²) in [6, 6.07) is 8.19. The van der Waals surface area contributed by atoms with Crippen molar-refractivity contribution in [1.82, 2.24) is 9.80 Å². The van der Waals surface area contributed by atoms with Crippen molar-refractivity contribution in [2.24, 2.45) is 0 Å². The van der Waals surface area contributed by atoms with Crippen molar-refractivity contribution in [3.8, 4) is 0 Å². The van der Waals surface area contributed by atoms with Gasteiger partial charge in [-0.3, -0.25) is 14.5 Å². The van der Waals surface area contributed by atoms with Gasteiger partial charge >= 0.3 is 0 Å². The molecule has 0 bridgehead atoms. The van der Waals surface area contributed by atoms with Crippen LogP contribution in [-0.4, -0.2) is 48.8 Å². The maximum Gasteiger partial charge on any atom is 0.240 e. The van der Waals surface area contributed by atoms with E-state index in [9.17, 15) is 9.59 Å². The van der Waals surface area contributed by atoms with Gasteiger partial charge in [0.1, 0.15) is 0 Å². The largest absolute Gasteiger partial charge is 0.309 e. The third-order valence-corrected chi connectivity index (χ3v) is 5.48. The van der Waals surface area contributed by atoms with Gasteiger partial charge in [-0.25, -0.2) is 0 Å². The number of rotatable bonds is 6. The second-order valence-electron chi connectivity index (χ2n) is 7.48. The first-order valence-electron chi connectivity index (χ1n) is 9.12. The number of nitrogens with zero attached hydrogens (tertiary/aromatic N) is 2. The summed E-state index contributed by atoms with van der Waals surface area (Å²) in [7, 11) is 4.13. The van der Waals surface area contributed by atoms with E-state index < -0.39 is 5.41 Å². The number of benzene rings is 1. The van der Waals surface area contributed by atoms with E-state index in [0.29, 0.717) is 13.0 Å². The predicted octanol–water partition coefficient (Wildman–Crippen LogP) is 3.17. The van der Waals surface area contributed by atoms with Gasteiger partial charge < -0.3 is 4.90 Å². The van der Waals surface area contributed by atoms with Gasteiger partial charge in [0, 0.05) is 13.0 Å². The molecule has 1 aromatic carbocycles. The molecule has 1 aromatic rings. The van der Waals surface area contributed by atoms with Crippen LogP contribution in [-0.2, 0) is 21.4 Å². The molecule has 0 saturated carbocycles. The lowest BCUT2D eigenvalue weighted by atomic mass is 9.69. The molecule has 1 saturated heterocycles. The average Bonchev–Trinajstić information content (AvgIpc) is 2.79. The van der Waals surface area contributed by atoms with Gasteiger partial charge in [-0.1, -0.05) is 30.7 Å². The molecule has 138 valence electrons. The van der Waals surface area contributed by atoms with Gasteiger partial charge in [-0.15, -0.1) is 12.4 Å². The molecule has 4 nitrogen and oxygen atoms in total. The normalized spacial score (nSPS) is 22.4. The van der Waals surface area contributed by atoms with Crippen LogP contribution in [0.1, 0.15) is 49.7 Å². The Balaban J connectivity index is 0.00000225. The summed E-state index contributed by atoms with van der Waals surface area (Å²) in [6.07, 6.45) is 6.25. The van der Waals surface area contributed by atoms with Crippen LogP contribution in [0.15, 0.2) is 24.3 Å². The number of carbonyl (C=O) groups excluding carboxylic acids is 2. The number of likely N-dealkylation sites (tertiary alicyclic amines) is 1.